The number of carbonyl (C=O) groups is 1. The minimum Gasteiger partial charge on any atom is -0.477 e. The third-order valence-electron chi connectivity index (χ3n) is 2.76. The standard InChI is InChI=1S/C14H14FN3O2/c1-3-18(12-7-5-4-6-10(12)15)14-16-9(2)8-11(17-14)13(19)20/h4-8H,3H2,1-2H3,(H,19,20). The predicted octanol–water partition coefficient (Wildman–Crippen LogP) is 2.78. The molecule has 0 amide bonds. The number of para-hydroxylation sites is 1. The first kappa shape index (κ1) is 13.9. The first-order valence-electron chi connectivity index (χ1n) is 6.14. The zero-order valence-electron chi connectivity index (χ0n) is 11.2. The lowest BCUT2D eigenvalue weighted by Gasteiger charge is -2.21. The topological polar surface area (TPSA) is 66.3 Å². The maximum Gasteiger partial charge on any atom is 0.354 e. The number of aromatic nitrogens is 2. The molecule has 2 rings (SSSR count). The molecule has 5 nitrogen and oxygen atoms in total. The highest BCUT2D eigenvalue weighted by molar-refractivity contribution is 5.85. The molecule has 0 atom stereocenters. The zero-order valence-corrected chi connectivity index (χ0v) is 11.2. The predicted molar refractivity (Wildman–Crippen MR) is 72.8 cm³/mol. The first-order valence-corrected chi connectivity index (χ1v) is 6.14. The van der Waals surface area contributed by atoms with Gasteiger partial charge in [-0.2, -0.15) is 0 Å². The lowest BCUT2D eigenvalue weighted by Crippen LogP contribution is -2.21. The fourth-order valence-electron chi connectivity index (χ4n) is 1.87. The Balaban J connectivity index is 2.52. The number of halogens is 1. The smallest absolute Gasteiger partial charge is 0.354 e. The number of rotatable bonds is 4. The number of hydrogen-bond acceptors (Lipinski definition) is 4. The Hall–Kier alpha value is -2.50. The molecule has 0 aliphatic heterocycles. The molecule has 1 heterocycles. The molecule has 2 aromatic rings. The van der Waals surface area contributed by atoms with Crippen molar-refractivity contribution < 1.29 is 14.3 Å². The van der Waals surface area contributed by atoms with E-state index in [1.54, 1.807) is 25.1 Å². The summed E-state index contributed by atoms with van der Waals surface area (Å²) in [6.45, 7) is 3.91. The van der Waals surface area contributed by atoms with Gasteiger partial charge in [-0.25, -0.2) is 19.2 Å². The number of nitrogens with zero attached hydrogens (tertiary/aromatic N) is 3. The summed E-state index contributed by atoms with van der Waals surface area (Å²) in [5.74, 6) is -1.37. The van der Waals surface area contributed by atoms with Gasteiger partial charge < -0.3 is 10.0 Å². The normalized spacial score (nSPS) is 10.3. The van der Waals surface area contributed by atoms with E-state index in [4.69, 9.17) is 5.11 Å². The van der Waals surface area contributed by atoms with Gasteiger partial charge >= 0.3 is 5.97 Å². The summed E-state index contributed by atoms with van der Waals surface area (Å²) in [5.41, 5.74) is 0.724. The van der Waals surface area contributed by atoms with Gasteiger partial charge in [0, 0.05) is 12.2 Å². The Morgan fingerprint density at radius 2 is 2.05 bits per heavy atom. The van der Waals surface area contributed by atoms with E-state index in [-0.39, 0.29) is 11.6 Å². The van der Waals surface area contributed by atoms with Gasteiger partial charge in [-0.1, -0.05) is 12.1 Å². The van der Waals surface area contributed by atoms with E-state index in [0.29, 0.717) is 17.9 Å². The van der Waals surface area contributed by atoms with Crippen LogP contribution in [0.15, 0.2) is 30.3 Å². The second-order valence-electron chi connectivity index (χ2n) is 4.20. The van der Waals surface area contributed by atoms with Gasteiger partial charge in [0.2, 0.25) is 5.95 Å². The van der Waals surface area contributed by atoms with Crippen LogP contribution in [0.4, 0.5) is 16.0 Å². The van der Waals surface area contributed by atoms with Crippen molar-refractivity contribution >= 4 is 17.6 Å². The molecule has 0 fully saturated rings. The van der Waals surface area contributed by atoms with E-state index in [1.807, 2.05) is 6.92 Å². The van der Waals surface area contributed by atoms with Crippen molar-refractivity contribution in [3.05, 3.63) is 47.5 Å². The van der Waals surface area contributed by atoms with Gasteiger partial charge in [0.15, 0.2) is 5.69 Å². The Bertz CT molecular complexity index is 646. The van der Waals surface area contributed by atoms with Crippen molar-refractivity contribution in [3.8, 4) is 0 Å². The zero-order chi connectivity index (χ0) is 14.7. The molecule has 0 aliphatic rings. The molecule has 0 radical (unpaired) electrons. The van der Waals surface area contributed by atoms with Gasteiger partial charge in [0.1, 0.15) is 5.82 Å². The van der Waals surface area contributed by atoms with Gasteiger partial charge in [-0.05, 0) is 32.0 Å². The van der Waals surface area contributed by atoms with Crippen molar-refractivity contribution in [2.24, 2.45) is 0 Å². The second kappa shape index (κ2) is 5.64. The highest BCUT2D eigenvalue weighted by Crippen LogP contribution is 2.25. The maximum absolute atomic E-state index is 13.9. The minimum absolute atomic E-state index is 0.109. The van der Waals surface area contributed by atoms with Crippen LogP contribution in [0.1, 0.15) is 23.1 Å². The van der Waals surface area contributed by atoms with Gasteiger partial charge in [0.05, 0.1) is 5.69 Å². The largest absolute Gasteiger partial charge is 0.477 e. The minimum atomic E-state index is -1.14. The van der Waals surface area contributed by atoms with E-state index in [1.165, 1.54) is 17.0 Å². The van der Waals surface area contributed by atoms with Crippen LogP contribution in [0.25, 0.3) is 0 Å². The molecule has 6 heteroatoms. The monoisotopic (exact) mass is 275 g/mol. The molecule has 20 heavy (non-hydrogen) atoms. The van der Waals surface area contributed by atoms with E-state index < -0.39 is 11.8 Å². The lowest BCUT2D eigenvalue weighted by molar-refractivity contribution is 0.0690. The van der Waals surface area contributed by atoms with Crippen LogP contribution in [0.3, 0.4) is 0 Å². The summed E-state index contributed by atoms with van der Waals surface area (Å²) in [4.78, 5) is 20.7. The Morgan fingerprint density at radius 1 is 1.35 bits per heavy atom. The SMILES string of the molecule is CCN(c1nc(C)cc(C(=O)O)n1)c1ccccc1F. The summed E-state index contributed by atoms with van der Waals surface area (Å²) < 4.78 is 13.9. The van der Waals surface area contributed by atoms with Crippen LogP contribution in [0.2, 0.25) is 0 Å². The number of benzene rings is 1. The molecule has 0 spiro atoms. The summed E-state index contributed by atoms with van der Waals surface area (Å²) in [6, 6.07) is 7.61. The lowest BCUT2D eigenvalue weighted by atomic mass is 10.2. The van der Waals surface area contributed by atoms with Gasteiger partial charge in [-0.15, -0.1) is 0 Å². The summed E-state index contributed by atoms with van der Waals surface area (Å²) >= 11 is 0. The maximum atomic E-state index is 13.9. The van der Waals surface area contributed by atoms with Crippen LogP contribution in [0.5, 0.6) is 0 Å². The summed E-state index contributed by atoms with van der Waals surface area (Å²) in [5, 5.41) is 9.03. The molecule has 104 valence electrons. The molecule has 0 bridgehead atoms. The number of carboxylic acid groups (broad SMARTS) is 1. The third-order valence-corrected chi connectivity index (χ3v) is 2.76. The highest BCUT2D eigenvalue weighted by Gasteiger charge is 2.17. The van der Waals surface area contributed by atoms with E-state index in [9.17, 15) is 9.18 Å². The van der Waals surface area contributed by atoms with Crippen molar-refractivity contribution in [1.29, 1.82) is 0 Å². The molecule has 0 saturated carbocycles. The number of aryl methyl sites for hydroxylation is 1. The third kappa shape index (κ3) is 2.74. The molecule has 1 aromatic carbocycles. The van der Waals surface area contributed by atoms with Crippen molar-refractivity contribution in [2.45, 2.75) is 13.8 Å². The second-order valence-corrected chi connectivity index (χ2v) is 4.20. The van der Waals surface area contributed by atoms with E-state index in [2.05, 4.69) is 9.97 Å². The quantitative estimate of drug-likeness (QED) is 0.929. The van der Waals surface area contributed by atoms with E-state index >= 15 is 0 Å². The fourth-order valence-corrected chi connectivity index (χ4v) is 1.87. The van der Waals surface area contributed by atoms with Crippen LogP contribution in [-0.4, -0.2) is 27.6 Å². The summed E-state index contributed by atoms with van der Waals surface area (Å²) in [7, 11) is 0. The van der Waals surface area contributed by atoms with Crippen molar-refractivity contribution in [3.63, 3.8) is 0 Å². The van der Waals surface area contributed by atoms with Crippen molar-refractivity contribution in [2.75, 3.05) is 11.4 Å². The number of anilines is 2. The molecule has 1 N–H and O–H groups in total. The Kier molecular flexibility index (Phi) is 3.93. The van der Waals surface area contributed by atoms with Crippen molar-refractivity contribution in [1.82, 2.24) is 9.97 Å². The highest BCUT2D eigenvalue weighted by atomic mass is 19.1. The Morgan fingerprint density at radius 3 is 2.65 bits per heavy atom. The molecule has 0 aliphatic carbocycles. The molecular formula is C14H14FN3O2. The van der Waals surface area contributed by atoms with Crippen LogP contribution in [0, 0.1) is 12.7 Å². The average Bonchev–Trinajstić information content (AvgIpc) is 2.41. The Labute approximate surface area is 115 Å². The van der Waals surface area contributed by atoms with Crippen LogP contribution in [-0.2, 0) is 0 Å². The number of hydrogen-bond donors (Lipinski definition) is 1. The number of aromatic carboxylic acids is 1. The fraction of sp³-hybridized carbons (Fsp3) is 0.214. The van der Waals surface area contributed by atoms with Gasteiger partial charge in [0.25, 0.3) is 0 Å². The van der Waals surface area contributed by atoms with Crippen LogP contribution >= 0.6 is 0 Å². The molecule has 0 unspecified atom stereocenters. The summed E-state index contributed by atoms with van der Waals surface area (Å²) in [6.07, 6.45) is 0. The van der Waals surface area contributed by atoms with E-state index in [0.717, 1.165) is 0 Å². The molecule has 0 saturated heterocycles. The molecular weight excluding hydrogens is 261 g/mol. The number of carboxylic acids is 1. The molecule has 1 aromatic heterocycles. The van der Waals surface area contributed by atoms with Gasteiger partial charge in [-0.3, -0.25) is 0 Å². The first-order chi connectivity index (χ1) is 9.52. The van der Waals surface area contributed by atoms with Crippen LogP contribution < -0.4 is 4.90 Å². The average molecular weight is 275 g/mol.